The number of carboxylic acid groups (broad SMARTS) is 1. The number of para-hydroxylation sites is 2. The van der Waals surface area contributed by atoms with E-state index in [1.165, 1.54) is 11.8 Å². The lowest BCUT2D eigenvalue weighted by Crippen LogP contribution is -2.55. The summed E-state index contributed by atoms with van der Waals surface area (Å²) in [6, 6.07) is 4.26. The third kappa shape index (κ3) is 5.19. The zero-order valence-corrected chi connectivity index (χ0v) is 15.5. The van der Waals surface area contributed by atoms with Gasteiger partial charge in [0.1, 0.15) is 18.6 Å². The van der Waals surface area contributed by atoms with Crippen molar-refractivity contribution >= 4 is 35.2 Å². The molecule has 2 atom stereocenters. The van der Waals surface area contributed by atoms with Gasteiger partial charge in [-0.05, 0) is 31.4 Å². The Hall–Kier alpha value is -3.10. The van der Waals surface area contributed by atoms with Crippen LogP contribution < -0.4 is 20.9 Å². The minimum atomic E-state index is -1.17. The summed E-state index contributed by atoms with van der Waals surface area (Å²) in [4.78, 5) is 49.3. The molecule has 1 aromatic rings. The Morgan fingerprint density at radius 1 is 1.19 bits per heavy atom. The van der Waals surface area contributed by atoms with Crippen LogP contribution in [0.1, 0.15) is 27.2 Å². The van der Waals surface area contributed by atoms with E-state index < -0.39 is 30.0 Å². The van der Waals surface area contributed by atoms with Crippen molar-refractivity contribution in [2.75, 3.05) is 16.8 Å². The van der Waals surface area contributed by atoms with Crippen LogP contribution >= 0.6 is 0 Å². The normalized spacial score (nSPS) is 15.4. The van der Waals surface area contributed by atoms with Crippen LogP contribution in [0.3, 0.4) is 0 Å². The van der Waals surface area contributed by atoms with Gasteiger partial charge in [0.25, 0.3) is 0 Å². The first kappa shape index (κ1) is 20.2. The number of hydrogen-bond donors (Lipinski definition) is 4. The quantitative estimate of drug-likeness (QED) is 0.592. The number of carbonyl (C=O) groups excluding carboxylic acids is 3. The largest absolute Gasteiger partial charge is 0.480 e. The number of aliphatic carboxylic acids is 1. The Morgan fingerprint density at radius 3 is 2.48 bits per heavy atom. The molecule has 1 aromatic carbocycles. The molecule has 0 saturated carbocycles. The van der Waals surface area contributed by atoms with Crippen molar-refractivity contribution in [1.29, 1.82) is 0 Å². The zero-order valence-electron chi connectivity index (χ0n) is 15.5. The number of urea groups is 1. The first-order valence-electron chi connectivity index (χ1n) is 8.69. The van der Waals surface area contributed by atoms with Crippen LogP contribution in [0.4, 0.5) is 16.2 Å². The summed E-state index contributed by atoms with van der Waals surface area (Å²) in [7, 11) is 0. The van der Waals surface area contributed by atoms with E-state index in [1.807, 2.05) is 13.8 Å². The average Bonchev–Trinajstić information content (AvgIpc) is 2.59. The monoisotopic (exact) mass is 376 g/mol. The Balaban J connectivity index is 2.17. The molecular weight excluding hydrogens is 352 g/mol. The molecule has 146 valence electrons. The number of amides is 4. The van der Waals surface area contributed by atoms with E-state index in [1.54, 1.807) is 24.3 Å². The number of carbonyl (C=O) groups is 4. The van der Waals surface area contributed by atoms with Crippen molar-refractivity contribution in [3.8, 4) is 0 Å². The SMILES string of the molecule is CC(C)CC(NC(=O)N1CC(=O)Nc2ccccc21)C(=O)NC(C)C(=O)O. The van der Waals surface area contributed by atoms with Crippen LogP contribution in [0.15, 0.2) is 24.3 Å². The maximum atomic E-state index is 12.8. The second-order valence-corrected chi connectivity index (χ2v) is 6.85. The molecule has 27 heavy (non-hydrogen) atoms. The summed E-state index contributed by atoms with van der Waals surface area (Å²) >= 11 is 0. The number of fused-ring (bicyclic) bond motifs is 1. The molecule has 0 bridgehead atoms. The van der Waals surface area contributed by atoms with E-state index in [9.17, 15) is 19.2 Å². The summed E-state index contributed by atoms with van der Waals surface area (Å²) in [6.45, 7) is 4.94. The number of anilines is 2. The minimum Gasteiger partial charge on any atom is -0.480 e. The Bertz CT molecular complexity index is 749. The predicted octanol–water partition coefficient (Wildman–Crippen LogP) is 1.16. The van der Waals surface area contributed by atoms with Crippen LogP contribution in [0.25, 0.3) is 0 Å². The standard InChI is InChI=1S/C18H24N4O5/c1-10(2)8-13(16(24)19-11(3)17(25)26)21-18(27)22-9-15(23)20-12-6-4-5-7-14(12)22/h4-7,10-11,13H,8-9H2,1-3H3,(H,19,24)(H,20,23)(H,21,27)(H,25,26). The molecule has 1 aliphatic heterocycles. The molecule has 0 saturated heterocycles. The fourth-order valence-corrected chi connectivity index (χ4v) is 2.72. The number of nitrogens with one attached hydrogen (secondary N) is 3. The molecule has 0 radical (unpaired) electrons. The van der Waals surface area contributed by atoms with Gasteiger partial charge in [-0.3, -0.25) is 19.3 Å². The fourth-order valence-electron chi connectivity index (χ4n) is 2.72. The summed E-state index contributed by atoms with van der Waals surface area (Å²) in [5.41, 5.74) is 1.03. The van der Waals surface area contributed by atoms with Gasteiger partial charge < -0.3 is 21.1 Å². The maximum Gasteiger partial charge on any atom is 0.325 e. The molecule has 9 heteroatoms. The first-order chi connectivity index (χ1) is 12.7. The van der Waals surface area contributed by atoms with E-state index in [-0.39, 0.29) is 18.4 Å². The van der Waals surface area contributed by atoms with Gasteiger partial charge in [0.2, 0.25) is 11.8 Å². The van der Waals surface area contributed by atoms with E-state index in [2.05, 4.69) is 16.0 Å². The molecule has 1 heterocycles. The highest BCUT2D eigenvalue weighted by atomic mass is 16.4. The van der Waals surface area contributed by atoms with Crippen molar-refractivity contribution in [1.82, 2.24) is 10.6 Å². The van der Waals surface area contributed by atoms with Crippen molar-refractivity contribution in [3.63, 3.8) is 0 Å². The van der Waals surface area contributed by atoms with E-state index in [4.69, 9.17) is 5.11 Å². The van der Waals surface area contributed by atoms with E-state index in [0.29, 0.717) is 17.8 Å². The van der Waals surface area contributed by atoms with Crippen molar-refractivity contribution in [3.05, 3.63) is 24.3 Å². The molecule has 0 spiro atoms. The van der Waals surface area contributed by atoms with E-state index >= 15 is 0 Å². The summed E-state index contributed by atoms with van der Waals surface area (Å²) in [6.07, 6.45) is 0.325. The van der Waals surface area contributed by atoms with Crippen molar-refractivity contribution < 1.29 is 24.3 Å². The highest BCUT2D eigenvalue weighted by Crippen LogP contribution is 2.28. The lowest BCUT2D eigenvalue weighted by atomic mass is 10.0. The van der Waals surface area contributed by atoms with Gasteiger partial charge in [0.15, 0.2) is 0 Å². The number of nitrogens with zero attached hydrogens (tertiary/aromatic N) is 1. The van der Waals surface area contributed by atoms with Gasteiger partial charge >= 0.3 is 12.0 Å². The van der Waals surface area contributed by atoms with Gasteiger partial charge in [-0.2, -0.15) is 0 Å². The lowest BCUT2D eigenvalue weighted by molar-refractivity contribution is -0.141. The summed E-state index contributed by atoms with van der Waals surface area (Å²) < 4.78 is 0. The number of benzene rings is 1. The molecule has 0 fully saturated rings. The smallest absolute Gasteiger partial charge is 0.325 e. The summed E-state index contributed by atoms with van der Waals surface area (Å²) in [5, 5.41) is 16.6. The molecule has 0 aromatic heterocycles. The Morgan fingerprint density at radius 2 is 1.85 bits per heavy atom. The Labute approximate surface area is 157 Å². The molecule has 0 aliphatic carbocycles. The average molecular weight is 376 g/mol. The molecule has 1 aliphatic rings. The molecule has 9 nitrogen and oxygen atoms in total. The topological polar surface area (TPSA) is 128 Å². The second kappa shape index (κ2) is 8.52. The molecule has 4 amide bonds. The number of rotatable bonds is 6. The first-order valence-corrected chi connectivity index (χ1v) is 8.69. The van der Waals surface area contributed by atoms with Gasteiger partial charge in [-0.25, -0.2) is 4.79 Å². The van der Waals surface area contributed by atoms with Crippen LogP contribution in [0.2, 0.25) is 0 Å². The molecule has 2 rings (SSSR count). The minimum absolute atomic E-state index is 0.0816. The van der Waals surface area contributed by atoms with Gasteiger partial charge in [0.05, 0.1) is 11.4 Å². The molecule has 2 unspecified atom stereocenters. The highest BCUT2D eigenvalue weighted by Gasteiger charge is 2.31. The summed E-state index contributed by atoms with van der Waals surface area (Å²) in [5.74, 6) is -2.01. The number of hydrogen-bond acceptors (Lipinski definition) is 4. The van der Waals surface area contributed by atoms with Gasteiger partial charge in [-0.1, -0.05) is 26.0 Å². The van der Waals surface area contributed by atoms with Gasteiger partial charge in [0, 0.05) is 0 Å². The molecule has 4 N–H and O–H groups in total. The molecular formula is C18H24N4O5. The third-order valence-corrected chi connectivity index (χ3v) is 4.07. The second-order valence-electron chi connectivity index (χ2n) is 6.85. The van der Waals surface area contributed by atoms with Crippen molar-refractivity contribution in [2.45, 2.75) is 39.3 Å². The Kier molecular flexibility index (Phi) is 6.38. The highest BCUT2D eigenvalue weighted by molar-refractivity contribution is 6.10. The van der Waals surface area contributed by atoms with Crippen LogP contribution in [-0.2, 0) is 14.4 Å². The fraction of sp³-hybridized carbons (Fsp3) is 0.444. The van der Waals surface area contributed by atoms with Gasteiger partial charge in [-0.15, -0.1) is 0 Å². The van der Waals surface area contributed by atoms with E-state index in [0.717, 1.165) is 0 Å². The van der Waals surface area contributed by atoms with Crippen LogP contribution in [-0.4, -0.2) is 47.5 Å². The zero-order chi connectivity index (χ0) is 20.1. The number of carboxylic acids is 1. The van der Waals surface area contributed by atoms with Crippen LogP contribution in [0.5, 0.6) is 0 Å². The third-order valence-electron chi connectivity index (χ3n) is 4.07. The maximum absolute atomic E-state index is 12.8. The lowest BCUT2D eigenvalue weighted by Gasteiger charge is -2.31. The van der Waals surface area contributed by atoms with Crippen LogP contribution in [0, 0.1) is 5.92 Å². The predicted molar refractivity (Wildman–Crippen MR) is 99.4 cm³/mol. The van der Waals surface area contributed by atoms with Crippen molar-refractivity contribution in [2.24, 2.45) is 5.92 Å².